The largest absolute Gasteiger partial charge is 0.307 e. The van der Waals surface area contributed by atoms with Gasteiger partial charge in [-0.2, -0.15) is 0 Å². The quantitative estimate of drug-likeness (QED) is 0.558. The Kier molecular flexibility index (Phi) is 1.16. The van der Waals surface area contributed by atoms with Crippen LogP contribution in [0.5, 0.6) is 0 Å². The second-order valence-electron chi connectivity index (χ2n) is 3.06. The molecule has 0 saturated heterocycles. The van der Waals surface area contributed by atoms with Crippen molar-refractivity contribution in [3.8, 4) is 0 Å². The Balaban J connectivity index is 2.61. The van der Waals surface area contributed by atoms with Crippen LogP contribution in [-0.2, 0) is 6.54 Å². The average Bonchev–Trinajstić information content (AvgIpc) is 2.43. The monoisotopic (exact) mass is 149 g/mol. The summed E-state index contributed by atoms with van der Waals surface area (Å²) in [5, 5.41) is 8.08. The third-order valence-electron chi connectivity index (χ3n) is 2.31. The van der Waals surface area contributed by atoms with E-state index in [2.05, 4.69) is 28.6 Å². The minimum atomic E-state index is 0.972. The molecule has 0 saturated carbocycles. The van der Waals surface area contributed by atoms with Gasteiger partial charge in [0.2, 0.25) is 0 Å². The van der Waals surface area contributed by atoms with Crippen molar-refractivity contribution >= 4 is 5.57 Å². The van der Waals surface area contributed by atoms with Crippen LogP contribution >= 0.6 is 0 Å². The lowest BCUT2D eigenvalue weighted by molar-refractivity contribution is 0.769. The van der Waals surface area contributed by atoms with Crippen LogP contribution < -0.4 is 0 Å². The SMILES string of the molecule is CC1=C(C)c2nnc(C)n2C1. The van der Waals surface area contributed by atoms with Gasteiger partial charge in [0.15, 0.2) is 5.82 Å². The molecule has 0 aliphatic carbocycles. The lowest BCUT2D eigenvalue weighted by Gasteiger charge is -1.96. The van der Waals surface area contributed by atoms with Gasteiger partial charge in [-0.3, -0.25) is 0 Å². The van der Waals surface area contributed by atoms with E-state index in [0.717, 1.165) is 18.2 Å². The van der Waals surface area contributed by atoms with E-state index in [-0.39, 0.29) is 0 Å². The van der Waals surface area contributed by atoms with Crippen molar-refractivity contribution in [2.24, 2.45) is 0 Å². The van der Waals surface area contributed by atoms with Gasteiger partial charge in [-0.25, -0.2) is 0 Å². The zero-order valence-corrected chi connectivity index (χ0v) is 7.05. The zero-order valence-electron chi connectivity index (χ0n) is 7.05. The Hall–Kier alpha value is -1.12. The van der Waals surface area contributed by atoms with Crippen LogP contribution in [0.15, 0.2) is 5.57 Å². The van der Waals surface area contributed by atoms with Gasteiger partial charge in [0.25, 0.3) is 0 Å². The molecule has 1 aromatic heterocycles. The molecule has 3 nitrogen and oxygen atoms in total. The molecule has 0 aromatic carbocycles. The van der Waals surface area contributed by atoms with Crippen molar-refractivity contribution in [3.05, 3.63) is 17.2 Å². The number of fused-ring (bicyclic) bond motifs is 1. The average molecular weight is 149 g/mol. The van der Waals surface area contributed by atoms with Crippen LogP contribution in [0.2, 0.25) is 0 Å². The van der Waals surface area contributed by atoms with E-state index < -0.39 is 0 Å². The van der Waals surface area contributed by atoms with Crippen LogP contribution in [0.3, 0.4) is 0 Å². The van der Waals surface area contributed by atoms with Gasteiger partial charge in [0, 0.05) is 6.54 Å². The molecular weight excluding hydrogens is 138 g/mol. The second kappa shape index (κ2) is 1.94. The van der Waals surface area contributed by atoms with E-state index in [1.807, 2.05) is 6.92 Å². The van der Waals surface area contributed by atoms with E-state index in [1.54, 1.807) is 0 Å². The molecule has 0 fully saturated rings. The highest BCUT2D eigenvalue weighted by molar-refractivity contribution is 5.64. The van der Waals surface area contributed by atoms with Gasteiger partial charge in [-0.1, -0.05) is 0 Å². The third-order valence-corrected chi connectivity index (χ3v) is 2.31. The molecule has 1 aliphatic rings. The van der Waals surface area contributed by atoms with Gasteiger partial charge in [-0.05, 0) is 31.9 Å². The smallest absolute Gasteiger partial charge is 0.159 e. The molecular formula is C8H11N3. The van der Waals surface area contributed by atoms with Gasteiger partial charge in [0.05, 0.1) is 0 Å². The van der Waals surface area contributed by atoms with E-state index in [9.17, 15) is 0 Å². The molecule has 0 N–H and O–H groups in total. The van der Waals surface area contributed by atoms with E-state index in [0.29, 0.717) is 0 Å². The highest BCUT2D eigenvalue weighted by Crippen LogP contribution is 2.25. The molecule has 1 aromatic rings. The maximum absolute atomic E-state index is 4.08. The molecule has 0 spiro atoms. The summed E-state index contributed by atoms with van der Waals surface area (Å²) in [6.07, 6.45) is 0. The molecule has 0 atom stereocenters. The molecule has 2 heterocycles. The second-order valence-corrected chi connectivity index (χ2v) is 3.06. The molecule has 1 aliphatic heterocycles. The Labute approximate surface area is 65.8 Å². The first-order valence-corrected chi connectivity index (χ1v) is 3.76. The molecule has 11 heavy (non-hydrogen) atoms. The Bertz CT molecular complexity index is 333. The van der Waals surface area contributed by atoms with Crippen LogP contribution in [0.4, 0.5) is 0 Å². The van der Waals surface area contributed by atoms with Crippen molar-refractivity contribution in [1.29, 1.82) is 0 Å². The summed E-state index contributed by atoms with van der Waals surface area (Å²) >= 11 is 0. The first-order chi connectivity index (χ1) is 5.20. The molecule has 0 bridgehead atoms. The lowest BCUT2D eigenvalue weighted by atomic mass is 10.2. The first-order valence-electron chi connectivity index (χ1n) is 3.76. The summed E-state index contributed by atoms with van der Waals surface area (Å²) < 4.78 is 2.14. The number of aryl methyl sites for hydroxylation is 1. The predicted molar refractivity (Wildman–Crippen MR) is 43.0 cm³/mol. The number of rotatable bonds is 0. The molecule has 3 heteroatoms. The topological polar surface area (TPSA) is 30.7 Å². The van der Waals surface area contributed by atoms with Crippen LogP contribution in [0.1, 0.15) is 25.5 Å². The van der Waals surface area contributed by atoms with Crippen molar-refractivity contribution < 1.29 is 0 Å². The standard InChI is InChI=1S/C8H11N3/c1-5-4-11-7(3)9-10-8(11)6(5)2/h4H2,1-3H3. The number of nitrogens with zero attached hydrogens (tertiary/aromatic N) is 3. The molecule has 0 unspecified atom stereocenters. The lowest BCUT2D eigenvalue weighted by Crippen LogP contribution is -1.97. The maximum Gasteiger partial charge on any atom is 0.159 e. The Morgan fingerprint density at radius 1 is 1.18 bits per heavy atom. The van der Waals surface area contributed by atoms with Gasteiger partial charge < -0.3 is 4.57 Å². The Morgan fingerprint density at radius 3 is 2.55 bits per heavy atom. The molecule has 2 rings (SSSR count). The van der Waals surface area contributed by atoms with Crippen molar-refractivity contribution in [2.45, 2.75) is 27.3 Å². The molecule has 0 radical (unpaired) electrons. The van der Waals surface area contributed by atoms with Crippen molar-refractivity contribution in [2.75, 3.05) is 0 Å². The summed E-state index contributed by atoms with van der Waals surface area (Å²) in [6.45, 7) is 7.20. The zero-order chi connectivity index (χ0) is 8.01. The minimum Gasteiger partial charge on any atom is -0.307 e. The summed E-state index contributed by atoms with van der Waals surface area (Å²) in [7, 11) is 0. The number of hydrogen-bond acceptors (Lipinski definition) is 2. The number of aromatic nitrogens is 3. The fourth-order valence-electron chi connectivity index (χ4n) is 1.39. The fraction of sp³-hybridized carbons (Fsp3) is 0.500. The molecule has 0 amide bonds. The fourth-order valence-corrected chi connectivity index (χ4v) is 1.39. The summed E-state index contributed by atoms with van der Waals surface area (Å²) in [5.41, 5.74) is 2.68. The van der Waals surface area contributed by atoms with E-state index in [4.69, 9.17) is 0 Å². The van der Waals surface area contributed by atoms with Crippen LogP contribution in [0, 0.1) is 6.92 Å². The normalized spacial score (nSPS) is 15.9. The minimum absolute atomic E-state index is 0.972. The highest BCUT2D eigenvalue weighted by Gasteiger charge is 2.18. The van der Waals surface area contributed by atoms with E-state index in [1.165, 1.54) is 11.1 Å². The summed E-state index contributed by atoms with van der Waals surface area (Å²) in [4.78, 5) is 0. The molecule has 58 valence electrons. The summed E-state index contributed by atoms with van der Waals surface area (Å²) in [5.74, 6) is 2.05. The maximum atomic E-state index is 4.08. The number of allylic oxidation sites excluding steroid dienone is 2. The number of hydrogen-bond donors (Lipinski definition) is 0. The van der Waals surface area contributed by atoms with Gasteiger partial charge in [-0.15, -0.1) is 10.2 Å². The van der Waals surface area contributed by atoms with Crippen molar-refractivity contribution in [3.63, 3.8) is 0 Å². The van der Waals surface area contributed by atoms with E-state index >= 15 is 0 Å². The van der Waals surface area contributed by atoms with Crippen LogP contribution in [-0.4, -0.2) is 14.8 Å². The predicted octanol–water partition coefficient (Wildman–Crippen LogP) is 1.39. The first kappa shape index (κ1) is 6.58. The highest BCUT2D eigenvalue weighted by atomic mass is 15.3. The van der Waals surface area contributed by atoms with Crippen molar-refractivity contribution in [1.82, 2.24) is 14.8 Å². The summed E-state index contributed by atoms with van der Waals surface area (Å²) in [6, 6.07) is 0. The van der Waals surface area contributed by atoms with Gasteiger partial charge in [0.1, 0.15) is 5.82 Å². The van der Waals surface area contributed by atoms with Crippen LogP contribution in [0.25, 0.3) is 5.57 Å². The Morgan fingerprint density at radius 2 is 1.91 bits per heavy atom. The van der Waals surface area contributed by atoms with Gasteiger partial charge >= 0.3 is 0 Å². The third kappa shape index (κ3) is 0.737.